The van der Waals surface area contributed by atoms with Gasteiger partial charge in [0.15, 0.2) is 11.6 Å². The number of anilines is 2. The molecule has 30 heteroatoms. The van der Waals surface area contributed by atoms with Gasteiger partial charge in [0.05, 0.1) is 104 Å². The molecule has 135 heavy (non-hydrogen) atoms. The Morgan fingerprint density at radius 1 is 0.356 bits per heavy atom. The Morgan fingerprint density at radius 3 is 1.14 bits per heavy atom. The molecule has 0 atom stereocenters. The Labute approximate surface area is 787 Å². The number of nitriles is 3. The standard InChI is InChI=1S/C29H28ClN5.C27H28N6O.C25H22F3N7.C24H23N7/c1-22-6-8-23(9-7-22)16-17-34(19-27-15-12-25-4-2-3-5-28(25)32-27)20-29-33-31-21-35(29)18-24-10-13-26(30)14-11-24;1-20-3-6-22(7-4-20)13-14-32(17-25-26(34)12-5-21(2)30-25)18-27-31-29-19-33(27)16-24-10-8-23(15-28)9-11-24;1-18-2-4-19(5-3-18)11-13-34(24-30-12-10-22(32-24)25(26,27)28)16-23-33-31-17-35(23)15-21-8-6-20(14-29)7-9-21;1-19-3-5-20(6-4-19)11-14-30(24-26-12-2-13-27-24)17-23-29-28-18-31(23)16-22-9-7-21(15-25)8-10-22/h2-15,21H,16-20H2,1H3;3-12,19,34H,13-14,16-18H2,1-2H3;2-10,12,17H,11,13,15-16H2,1H3;2-10,12-13,18H,11,14,16-17H2,1H3. The normalized spacial score (nSPS) is 11.1. The van der Waals surface area contributed by atoms with Gasteiger partial charge in [-0.3, -0.25) is 19.8 Å². The molecule has 0 amide bonds. The highest BCUT2D eigenvalue weighted by molar-refractivity contribution is 6.30. The predicted octanol–water partition coefficient (Wildman–Crippen LogP) is 18.4. The number of pyridine rings is 2. The van der Waals surface area contributed by atoms with Gasteiger partial charge in [-0.15, -0.1) is 40.8 Å². The van der Waals surface area contributed by atoms with E-state index in [1.54, 1.807) is 60.8 Å². The highest BCUT2D eigenvalue weighted by Gasteiger charge is 2.34. The maximum atomic E-state index is 13.3. The Morgan fingerprint density at radius 2 is 0.726 bits per heavy atom. The molecule has 0 unspecified atom stereocenters. The van der Waals surface area contributed by atoms with Gasteiger partial charge in [0.2, 0.25) is 11.9 Å². The second-order valence-corrected chi connectivity index (χ2v) is 33.4. The van der Waals surface area contributed by atoms with E-state index in [0.29, 0.717) is 99.5 Å². The number of hydrogen-bond acceptors (Lipinski definition) is 22. The van der Waals surface area contributed by atoms with Crippen LogP contribution >= 0.6 is 11.6 Å². The number of aromatic nitrogens is 18. The second-order valence-electron chi connectivity index (χ2n) is 33.0. The van der Waals surface area contributed by atoms with Crippen molar-refractivity contribution in [2.45, 2.75) is 132 Å². The van der Waals surface area contributed by atoms with Crippen LogP contribution in [-0.2, 0) is 97.3 Å². The highest BCUT2D eigenvalue weighted by Crippen LogP contribution is 2.30. The zero-order valence-electron chi connectivity index (χ0n) is 75.7. The lowest BCUT2D eigenvalue weighted by molar-refractivity contribution is -0.141. The summed E-state index contributed by atoms with van der Waals surface area (Å²) in [6, 6.07) is 89.1. The average molecular weight is 1820 g/mol. The van der Waals surface area contributed by atoms with Crippen molar-refractivity contribution in [2.75, 3.05) is 36.0 Å². The SMILES string of the molecule is Cc1ccc(CCN(Cc2ccc3ccccc3n2)Cc2nncn2Cc2ccc(Cl)cc2)cc1.Cc1ccc(CCN(Cc2nc(C)ccc2O)Cc2nncn2Cc2ccc(C#N)cc2)cc1.Cc1ccc(CCN(Cc2nncn2Cc2ccc(C#N)cc2)c2nccc(C(F)(F)F)n2)cc1.Cc1ccc(CCN(Cc2nncn2Cc2ccc(C#N)cc2)c2ncccn2)cc1. The molecule has 0 bridgehead atoms. The van der Waals surface area contributed by atoms with Crippen molar-refractivity contribution in [1.82, 2.24) is 98.8 Å². The largest absolute Gasteiger partial charge is 0.506 e. The summed E-state index contributed by atoms with van der Waals surface area (Å²) >= 11 is 6.06. The number of alkyl halides is 3. The summed E-state index contributed by atoms with van der Waals surface area (Å²) in [5.74, 6) is 4.00. The molecule has 0 saturated heterocycles. The van der Waals surface area contributed by atoms with Crippen molar-refractivity contribution < 1.29 is 18.3 Å². The molecule has 9 aromatic carbocycles. The number of aryl methyl sites for hydroxylation is 5. The molecule has 0 aliphatic heterocycles. The van der Waals surface area contributed by atoms with Crippen molar-refractivity contribution in [3.63, 3.8) is 0 Å². The fraction of sp³-hybridized carbons (Fsp3) is 0.229. The quantitative estimate of drug-likeness (QED) is 0.0392. The fourth-order valence-electron chi connectivity index (χ4n) is 14.8. The van der Waals surface area contributed by atoms with E-state index in [1.807, 2.05) is 161 Å². The lowest BCUT2D eigenvalue weighted by Crippen LogP contribution is -2.29. The van der Waals surface area contributed by atoms with E-state index in [-0.39, 0.29) is 18.2 Å². The zero-order valence-corrected chi connectivity index (χ0v) is 76.4. The van der Waals surface area contributed by atoms with Gasteiger partial charge in [-0.1, -0.05) is 204 Å². The van der Waals surface area contributed by atoms with Crippen LogP contribution < -0.4 is 9.80 Å². The van der Waals surface area contributed by atoms with Gasteiger partial charge in [0, 0.05) is 74.0 Å². The minimum Gasteiger partial charge on any atom is -0.506 e. The number of halogens is 4. The smallest absolute Gasteiger partial charge is 0.433 e. The van der Waals surface area contributed by atoms with Crippen molar-refractivity contribution >= 4 is 34.4 Å². The predicted molar refractivity (Wildman–Crippen MR) is 513 cm³/mol. The first kappa shape index (κ1) is 95.2. The third-order valence-electron chi connectivity index (χ3n) is 22.6. The van der Waals surface area contributed by atoms with Crippen LogP contribution in [0.1, 0.15) is 130 Å². The Kier molecular flexibility index (Phi) is 33.4. The summed E-state index contributed by atoms with van der Waals surface area (Å²) in [6.45, 7) is 18.7. The van der Waals surface area contributed by atoms with E-state index in [9.17, 15) is 18.3 Å². The summed E-state index contributed by atoms with van der Waals surface area (Å²) in [5.41, 5.74) is 18.5. The molecule has 680 valence electrons. The summed E-state index contributed by atoms with van der Waals surface area (Å²) in [5, 5.41) is 73.1. The average Bonchev–Trinajstić information content (AvgIpc) is 1.68. The van der Waals surface area contributed by atoms with Crippen LogP contribution in [0.15, 0.2) is 299 Å². The molecule has 0 aliphatic carbocycles. The van der Waals surface area contributed by atoms with Crippen molar-refractivity contribution in [2.24, 2.45) is 0 Å². The molecule has 1 N–H and O–H groups in total. The van der Waals surface area contributed by atoms with Crippen LogP contribution in [0.3, 0.4) is 0 Å². The minimum atomic E-state index is -4.57. The molecule has 8 aromatic heterocycles. The van der Waals surface area contributed by atoms with Crippen molar-refractivity contribution in [3.8, 4) is 24.0 Å². The molecule has 0 radical (unpaired) electrons. The van der Waals surface area contributed by atoms with Gasteiger partial charge in [0.25, 0.3) is 0 Å². The fourth-order valence-corrected chi connectivity index (χ4v) is 15.0. The molecule has 0 spiro atoms. The van der Waals surface area contributed by atoms with Crippen LogP contribution in [0.25, 0.3) is 10.9 Å². The van der Waals surface area contributed by atoms with E-state index in [4.69, 9.17) is 32.4 Å². The summed E-state index contributed by atoms with van der Waals surface area (Å²) in [4.78, 5) is 34.7. The lowest BCUT2D eigenvalue weighted by Gasteiger charge is -2.23. The van der Waals surface area contributed by atoms with E-state index in [2.05, 4.69) is 221 Å². The van der Waals surface area contributed by atoms with Crippen molar-refractivity contribution in [1.29, 1.82) is 15.8 Å². The minimum absolute atomic E-state index is 0.0279. The summed E-state index contributed by atoms with van der Waals surface area (Å²) < 4.78 is 47.9. The zero-order chi connectivity index (χ0) is 94.3. The van der Waals surface area contributed by atoms with E-state index < -0.39 is 11.9 Å². The molecule has 8 heterocycles. The van der Waals surface area contributed by atoms with E-state index >= 15 is 0 Å². The highest BCUT2D eigenvalue weighted by atomic mass is 35.5. The van der Waals surface area contributed by atoms with E-state index in [1.165, 1.54) is 33.4 Å². The third-order valence-corrected chi connectivity index (χ3v) is 22.8. The summed E-state index contributed by atoms with van der Waals surface area (Å²) in [6.07, 6.45) is 10.2. The molecule has 17 aromatic rings. The first-order chi connectivity index (χ1) is 65.6. The maximum absolute atomic E-state index is 13.3. The molecular formula is C105H101ClF3N25O. The van der Waals surface area contributed by atoms with Crippen LogP contribution in [0.4, 0.5) is 25.1 Å². The first-order valence-corrected chi connectivity index (χ1v) is 44.6. The Balaban J connectivity index is 0.000000144. The molecule has 17 rings (SSSR count). The number of para-hydroxylation sites is 1. The Bertz CT molecular complexity index is 6760. The molecule has 0 fully saturated rings. The van der Waals surface area contributed by atoms with Gasteiger partial charge in [0.1, 0.15) is 48.4 Å². The van der Waals surface area contributed by atoms with Crippen LogP contribution in [0, 0.1) is 68.6 Å². The lowest BCUT2D eigenvalue weighted by atomic mass is 10.1. The third kappa shape index (κ3) is 28.8. The number of nitrogens with zero attached hydrogens (tertiary/aromatic N) is 25. The van der Waals surface area contributed by atoms with Crippen LogP contribution in [0.2, 0.25) is 5.02 Å². The monoisotopic (exact) mass is 1820 g/mol. The summed E-state index contributed by atoms with van der Waals surface area (Å²) in [7, 11) is 0. The molecule has 26 nitrogen and oxygen atoms in total. The number of aromatic hydroxyl groups is 1. The van der Waals surface area contributed by atoms with Crippen molar-refractivity contribution in [3.05, 3.63) is 433 Å². The van der Waals surface area contributed by atoms with E-state index in [0.717, 1.165) is 136 Å². The molecular weight excluding hydrogens is 1720 g/mol. The van der Waals surface area contributed by atoms with Gasteiger partial charge in [-0.25, -0.2) is 19.9 Å². The number of fused-ring (bicyclic) bond motifs is 1. The maximum Gasteiger partial charge on any atom is 0.433 e. The Hall–Kier alpha value is -15.9. The van der Waals surface area contributed by atoms with Gasteiger partial charge < -0.3 is 33.2 Å². The first-order valence-electron chi connectivity index (χ1n) is 44.2. The number of benzene rings is 9. The van der Waals surface area contributed by atoms with Gasteiger partial charge >= 0.3 is 6.18 Å². The molecule has 0 aliphatic rings. The van der Waals surface area contributed by atoms with Crippen LogP contribution in [0.5, 0.6) is 5.75 Å². The topological polar surface area (TPSA) is 305 Å². The second kappa shape index (κ2) is 47.3. The number of hydrogen-bond donors (Lipinski definition) is 1. The van der Waals surface area contributed by atoms with Gasteiger partial charge in [-0.2, -0.15) is 29.0 Å². The van der Waals surface area contributed by atoms with Gasteiger partial charge in [-0.05, 0) is 190 Å². The number of rotatable bonds is 34. The molecule has 0 saturated carbocycles. The van der Waals surface area contributed by atoms with Crippen LogP contribution in [-0.4, -0.2) is 130 Å².